The maximum absolute atomic E-state index is 12.2. The molecule has 0 bridgehead atoms. The summed E-state index contributed by atoms with van der Waals surface area (Å²) in [4.78, 5) is 22.8. The number of ether oxygens (including phenoxy) is 1. The largest absolute Gasteiger partial charge is 0.450 e. The number of rotatable bonds is 7. The summed E-state index contributed by atoms with van der Waals surface area (Å²) >= 11 is 0. The minimum Gasteiger partial charge on any atom is -0.450 e. The van der Waals surface area contributed by atoms with E-state index >= 15 is 0 Å². The molecule has 8 heteroatoms. The second-order valence-electron chi connectivity index (χ2n) is 4.45. The molecule has 0 radical (unpaired) electrons. The Labute approximate surface area is 136 Å². The van der Waals surface area contributed by atoms with E-state index in [9.17, 15) is 18.0 Å². The summed E-state index contributed by atoms with van der Waals surface area (Å²) in [5.41, 5.74) is 0.725. The molecule has 126 valence electrons. The number of likely N-dealkylation sites (N-methyl/N-ethyl adjacent to an activating group) is 1. The first kappa shape index (κ1) is 18.9. The number of carbonyl (C=O) groups is 2. The fourth-order valence-corrected chi connectivity index (χ4v) is 2.84. The monoisotopic (exact) mass is 340 g/mol. The highest BCUT2D eigenvalue weighted by atomic mass is 32.2. The fourth-order valence-electron chi connectivity index (χ4n) is 1.68. The van der Waals surface area contributed by atoms with Crippen molar-refractivity contribution >= 4 is 28.1 Å². The number of imide groups is 1. The van der Waals surface area contributed by atoms with Gasteiger partial charge in [-0.2, -0.15) is 4.31 Å². The number of nitrogens with zero attached hydrogens (tertiary/aromatic N) is 1. The quantitative estimate of drug-likeness (QED) is 0.813. The first-order valence-electron chi connectivity index (χ1n) is 7.09. The molecule has 23 heavy (non-hydrogen) atoms. The van der Waals surface area contributed by atoms with Crippen LogP contribution < -0.4 is 5.32 Å². The molecule has 7 nitrogen and oxygen atoms in total. The Bertz CT molecular complexity index is 656. The third-order valence-corrected chi connectivity index (χ3v) is 4.37. The number of benzene rings is 1. The Morgan fingerprint density at radius 3 is 2.43 bits per heavy atom. The van der Waals surface area contributed by atoms with Crippen LogP contribution in [0.5, 0.6) is 0 Å². The van der Waals surface area contributed by atoms with Crippen LogP contribution in [0.2, 0.25) is 0 Å². The minimum atomic E-state index is -3.77. The minimum absolute atomic E-state index is 0.0949. The van der Waals surface area contributed by atoms with Gasteiger partial charge in [-0.25, -0.2) is 13.2 Å². The van der Waals surface area contributed by atoms with Crippen LogP contribution in [-0.4, -0.2) is 44.4 Å². The van der Waals surface area contributed by atoms with Crippen molar-refractivity contribution in [3.05, 3.63) is 41.3 Å². The third-order valence-electron chi connectivity index (χ3n) is 2.78. The van der Waals surface area contributed by atoms with Gasteiger partial charge in [0.05, 0.1) is 13.2 Å². The first-order chi connectivity index (χ1) is 10.9. The van der Waals surface area contributed by atoms with Gasteiger partial charge in [-0.15, -0.1) is 0 Å². The molecule has 0 fully saturated rings. The first-order valence-corrected chi connectivity index (χ1v) is 8.59. The molecule has 0 aliphatic rings. The number of alkyl carbamates (subject to hydrolysis) is 1. The van der Waals surface area contributed by atoms with Crippen molar-refractivity contribution in [2.45, 2.75) is 13.8 Å². The van der Waals surface area contributed by atoms with Gasteiger partial charge in [0.1, 0.15) is 0 Å². The maximum Gasteiger partial charge on any atom is 0.413 e. The van der Waals surface area contributed by atoms with Crippen LogP contribution in [0.15, 0.2) is 35.7 Å². The Morgan fingerprint density at radius 2 is 1.87 bits per heavy atom. The van der Waals surface area contributed by atoms with Crippen LogP contribution in [0.25, 0.3) is 6.08 Å². The zero-order valence-corrected chi connectivity index (χ0v) is 13.9. The molecule has 0 atom stereocenters. The molecule has 0 aromatic heterocycles. The van der Waals surface area contributed by atoms with Crippen molar-refractivity contribution in [3.63, 3.8) is 0 Å². The van der Waals surface area contributed by atoms with Crippen molar-refractivity contribution in [2.75, 3.05) is 19.7 Å². The average Bonchev–Trinajstić information content (AvgIpc) is 2.51. The molecular weight excluding hydrogens is 320 g/mol. The van der Waals surface area contributed by atoms with Gasteiger partial charge < -0.3 is 4.74 Å². The topological polar surface area (TPSA) is 92.8 Å². The van der Waals surface area contributed by atoms with Crippen LogP contribution in [-0.2, 0) is 19.6 Å². The summed E-state index contributed by atoms with van der Waals surface area (Å²) in [7, 11) is -3.77. The van der Waals surface area contributed by atoms with Gasteiger partial charge in [0.15, 0.2) is 0 Å². The molecule has 0 aliphatic carbocycles. The highest BCUT2D eigenvalue weighted by Gasteiger charge is 2.21. The zero-order valence-electron chi connectivity index (χ0n) is 13.1. The van der Waals surface area contributed by atoms with Crippen molar-refractivity contribution in [1.29, 1.82) is 0 Å². The fraction of sp³-hybridized carbons (Fsp3) is 0.333. The van der Waals surface area contributed by atoms with Crippen LogP contribution in [0.4, 0.5) is 4.79 Å². The third kappa shape index (κ3) is 6.62. The number of sulfonamides is 1. The highest BCUT2D eigenvalue weighted by molar-refractivity contribution is 7.92. The number of carbonyl (C=O) groups excluding carboxylic acids is 2. The molecule has 0 saturated heterocycles. The lowest BCUT2D eigenvalue weighted by Gasteiger charge is -2.17. The standard InChI is InChI=1S/C15H20N2O5S/c1-3-17(12-14(18)16-15(19)22-4-2)23(20,21)11-10-13-8-6-5-7-9-13/h5-11H,3-4,12H2,1-2H3,(H,16,18,19)/b11-10+. The molecule has 1 N–H and O–H groups in total. The molecular formula is C15H20N2O5S. The number of amides is 2. The van der Waals surface area contributed by atoms with Gasteiger partial charge in [-0.3, -0.25) is 10.1 Å². The van der Waals surface area contributed by atoms with Gasteiger partial charge in [-0.05, 0) is 18.6 Å². The van der Waals surface area contributed by atoms with E-state index in [1.165, 1.54) is 6.08 Å². The summed E-state index contributed by atoms with van der Waals surface area (Å²) < 4.78 is 30.0. The van der Waals surface area contributed by atoms with Gasteiger partial charge in [0.25, 0.3) is 0 Å². The smallest absolute Gasteiger partial charge is 0.413 e. The van der Waals surface area contributed by atoms with Crippen molar-refractivity contribution in [1.82, 2.24) is 9.62 Å². The number of hydrogen-bond donors (Lipinski definition) is 1. The second-order valence-corrected chi connectivity index (χ2v) is 6.27. The van der Waals surface area contributed by atoms with E-state index in [2.05, 4.69) is 4.74 Å². The van der Waals surface area contributed by atoms with Crippen molar-refractivity contribution < 1.29 is 22.7 Å². The van der Waals surface area contributed by atoms with E-state index in [4.69, 9.17) is 0 Å². The normalized spacial score (nSPS) is 11.6. The highest BCUT2D eigenvalue weighted by Crippen LogP contribution is 2.07. The number of nitrogens with one attached hydrogen (secondary N) is 1. The molecule has 1 aromatic carbocycles. The van der Waals surface area contributed by atoms with Crippen molar-refractivity contribution in [3.8, 4) is 0 Å². The lowest BCUT2D eigenvalue weighted by molar-refractivity contribution is -0.120. The van der Waals surface area contributed by atoms with Crippen LogP contribution in [0.3, 0.4) is 0 Å². The molecule has 0 aliphatic heterocycles. The Hall–Kier alpha value is -2.19. The lowest BCUT2D eigenvalue weighted by Crippen LogP contribution is -2.42. The summed E-state index contributed by atoms with van der Waals surface area (Å²) in [5.74, 6) is -0.748. The van der Waals surface area contributed by atoms with E-state index in [0.717, 1.165) is 15.3 Å². The summed E-state index contributed by atoms with van der Waals surface area (Å²) in [5, 5.41) is 2.99. The van der Waals surface area contributed by atoms with E-state index in [-0.39, 0.29) is 13.2 Å². The molecule has 0 spiro atoms. The molecule has 1 aromatic rings. The molecule has 0 heterocycles. The molecule has 0 saturated carbocycles. The van der Waals surface area contributed by atoms with Crippen LogP contribution in [0, 0.1) is 0 Å². The van der Waals surface area contributed by atoms with E-state index in [0.29, 0.717) is 0 Å². The Morgan fingerprint density at radius 1 is 1.22 bits per heavy atom. The summed E-state index contributed by atoms with van der Waals surface area (Å²) in [6, 6.07) is 8.92. The molecule has 2 amide bonds. The Kier molecular flexibility index (Phi) is 7.43. The summed E-state index contributed by atoms with van der Waals surface area (Å²) in [6.07, 6.45) is 0.548. The average molecular weight is 340 g/mol. The van der Waals surface area contributed by atoms with E-state index in [1.54, 1.807) is 38.1 Å². The number of hydrogen-bond acceptors (Lipinski definition) is 5. The van der Waals surface area contributed by atoms with Crippen LogP contribution >= 0.6 is 0 Å². The maximum atomic E-state index is 12.2. The van der Waals surface area contributed by atoms with Crippen molar-refractivity contribution in [2.24, 2.45) is 0 Å². The second kappa shape index (κ2) is 9.06. The van der Waals surface area contributed by atoms with Gasteiger partial charge in [-0.1, -0.05) is 37.3 Å². The predicted octanol–water partition coefficient (Wildman–Crippen LogP) is 1.58. The van der Waals surface area contributed by atoms with Crippen LogP contribution in [0.1, 0.15) is 19.4 Å². The summed E-state index contributed by atoms with van der Waals surface area (Å²) in [6.45, 7) is 2.95. The Balaban J connectivity index is 2.73. The van der Waals surface area contributed by atoms with Gasteiger partial charge in [0, 0.05) is 12.0 Å². The SMILES string of the molecule is CCOC(=O)NC(=O)CN(CC)S(=O)(=O)/C=C/c1ccccc1. The molecule has 0 unspecified atom stereocenters. The molecule has 1 rings (SSSR count). The lowest BCUT2D eigenvalue weighted by atomic mass is 10.2. The van der Waals surface area contributed by atoms with Gasteiger partial charge >= 0.3 is 6.09 Å². The zero-order chi connectivity index (χ0) is 17.3. The van der Waals surface area contributed by atoms with Gasteiger partial charge in [0.2, 0.25) is 15.9 Å². The van der Waals surface area contributed by atoms with E-state index < -0.39 is 28.6 Å². The van der Waals surface area contributed by atoms with E-state index in [1.807, 2.05) is 11.4 Å². The predicted molar refractivity (Wildman–Crippen MR) is 86.8 cm³/mol.